The first kappa shape index (κ1) is 16.8. The van der Waals surface area contributed by atoms with Gasteiger partial charge >= 0.3 is 0 Å². The molecule has 132 valence electrons. The van der Waals surface area contributed by atoms with Crippen molar-refractivity contribution in [2.45, 2.75) is 56.8 Å². The number of aromatic hydroxyl groups is 2. The predicted molar refractivity (Wildman–Crippen MR) is 104 cm³/mol. The number of nitrogens with two attached hydrogens (primary N) is 1. The molecule has 4 heteroatoms. The molecule has 0 aliphatic heterocycles. The molecule has 1 unspecified atom stereocenters. The quantitative estimate of drug-likeness (QED) is 0.425. The molecule has 0 saturated carbocycles. The second-order valence-electron chi connectivity index (χ2n) is 8.95. The molecular formula is C21H24BrNO2. The van der Waals surface area contributed by atoms with Crippen LogP contribution in [-0.2, 0) is 16.2 Å². The summed E-state index contributed by atoms with van der Waals surface area (Å²) in [6.45, 7) is 8.93. The second kappa shape index (κ2) is 4.73. The van der Waals surface area contributed by atoms with Crippen LogP contribution >= 0.6 is 15.9 Å². The largest absolute Gasteiger partial charge is 0.504 e. The lowest BCUT2D eigenvalue weighted by atomic mass is 9.72. The normalized spacial score (nSPS) is 25.2. The van der Waals surface area contributed by atoms with E-state index in [0.717, 1.165) is 29.7 Å². The SMILES string of the molecule is CC1(C)CC2(CC(C)(C)c3cc(O)c(O)c(Br)c32)c2c(N)cccc21. The van der Waals surface area contributed by atoms with Gasteiger partial charge in [-0.3, -0.25) is 0 Å². The third-order valence-corrected chi connectivity index (χ3v) is 6.99. The highest BCUT2D eigenvalue weighted by atomic mass is 79.9. The van der Waals surface area contributed by atoms with Gasteiger partial charge in [-0.15, -0.1) is 0 Å². The number of nitrogen functional groups attached to an aromatic ring is 1. The van der Waals surface area contributed by atoms with Gasteiger partial charge in [-0.2, -0.15) is 0 Å². The van der Waals surface area contributed by atoms with Gasteiger partial charge in [-0.1, -0.05) is 39.8 Å². The highest BCUT2D eigenvalue weighted by Gasteiger charge is 2.58. The van der Waals surface area contributed by atoms with Crippen LogP contribution in [0.5, 0.6) is 11.5 Å². The van der Waals surface area contributed by atoms with Crippen LogP contribution in [0.1, 0.15) is 62.8 Å². The van der Waals surface area contributed by atoms with Crippen LogP contribution < -0.4 is 5.73 Å². The van der Waals surface area contributed by atoms with Crippen LogP contribution in [0.15, 0.2) is 28.7 Å². The van der Waals surface area contributed by atoms with Crippen LogP contribution in [0.25, 0.3) is 0 Å². The van der Waals surface area contributed by atoms with E-state index in [1.807, 2.05) is 12.1 Å². The molecule has 25 heavy (non-hydrogen) atoms. The lowest BCUT2D eigenvalue weighted by molar-refractivity contribution is 0.349. The minimum atomic E-state index is -0.257. The lowest BCUT2D eigenvalue weighted by Gasteiger charge is -2.31. The molecule has 4 N–H and O–H groups in total. The van der Waals surface area contributed by atoms with Crippen molar-refractivity contribution in [1.29, 1.82) is 0 Å². The van der Waals surface area contributed by atoms with Gasteiger partial charge in [0.1, 0.15) is 0 Å². The van der Waals surface area contributed by atoms with E-state index in [2.05, 4.69) is 49.7 Å². The third-order valence-electron chi connectivity index (χ3n) is 6.22. The second-order valence-corrected chi connectivity index (χ2v) is 9.75. The van der Waals surface area contributed by atoms with Crippen molar-refractivity contribution in [2.75, 3.05) is 5.73 Å². The van der Waals surface area contributed by atoms with Crippen LogP contribution in [0.4, 0.5) is 5.69 Å². The molecule has 2 aromatic rings. The molecule has 0 amide bonds. The number of rotatable bonds is 0. The summed E-state index contributed by atoms with van der Waals surface area (Å²) in [5, 5.41) is 20.6. The topological polar surface area (TPSA) is 66.5 Å². The smallest absolute Gasteiger partial charge is 0.172 e. The Kier molecular flexibility index (Phi) is 3.17. The lowest BCUT2D eigenvalue weighted by Crippen LogP contribution is -2.27. The van der Waals surface area contributed by atoms with Crippen LogP contribution in [0.3, 0.4) is 0 Å². The molecule has 2 aliphatic carbocycles. The average Bonchev–Trinajstić information content (AvgIpc) is 2.85. The molecule has 0 radical (unpaired) electrons. The van der Waals surface area contributed by atoms with Gasteiger partial charge in [-0.25, -0.2) is 0 Å². The number of hydrogen-bond acceptors (Lipinski definition) is 3. The van der Waals surface area contributed by atoms with E-state index in [1.54, 1.807) is 6.07 Å². The molecule has 0 saturated heterocycles. The highest BCUT2D eigenvalue weighted by molar-refractivity contribution is 9.10. The van der Waals surface area contributed by atoms with Crippen LogP contribution in [0, 0.1) is 0 Å². The third kappa shape index (κ3) is 1.97. The van der Waals surface area contributed by atoms with Crippen LogP contribution in [0.2, 0.25) is 0 Å². The standard InChI is InChI=1S/C21H24BrNO2/c1-19(2)9-21(15-11(19)6-5-7-13(15)23)10-20(3,4)12-8-14(24)18(25)17(22)16(12)21/h5-8,24-25H,9-10,23H2,1-4H3. The number of hydrogen-bond donors (Lipinski definition) is 3. The van der Waals surface area contributed by atoms with Crippen molar-refractivity contribution >= 4 is 21.6 Å². The van der Waals surface area contributed by atoms with Crippen molar-refractivity contribution < 1.29 is 10.2 Å². The molecule has 0 fully saturated rings. The average molecular weight is 402 g/mol. The summed E-state index contributed by atoms with van der Waals surface area (Å²) in [6.07, 6.45) is 1.84. The monoisotopic (exact) mass is 401 g/mol. The summed E-state index contributed by atoms with van der Waals surface area (Å²) in [5.74, 6) is -0.161. The Bertz CT molecular complexity index is 917. The van der Waals surface area contributed by atoms with Gasteiger partial charge in [0.05, 0.1) is 4.47 Å². The molecule has 0 heterocycles. The molecule has 0 aromatic heterocycles. The summed E-state index contributed by atoms with van der Waals surface area (Å²) in [5.41, 5.74) is 11.6. The zero-order chi connectivity index (χ0) is 18.4. The van der Waals surface area contributed by atoms with Gasteiger partial charge in [0.25, 0.3) is 0 Å². The first-order chi connectivity index (χ1) is 11.5. The van der Waals surface area contributed by atoms with Crippen molar-refractivity contribution in [1.82, 2.24) is 0 Å². The predicted octanol–water partition coefficient (Wildman–Crippen LogP) is 5.09. The molecule has 1 spiro atoms. The maximum atomic E-state index is 10.4. The summed E-state index contributed by atoms with van der Waals surface area (Å²) >= 11 is 3.58. The minimum absolute atomic E-state index is 0.00461. The van der Waals surface area contributed by atoms with Gasteiger partial charge in [0.2, 0.25) is 0 Å². The first-order valence-corrected chi connectivity index (χ1v) is 9.45. The molecule has 3 nitrogen and oxygen atoms in total. The Morgan fingerprint density at radius 2 is 1.56 bits per heavy atom. The Morgan fingerprint density at radius 3 is 2.20 bits per heavy atom. The maximum absolute atomic E-state index is 10.4. The minimum Gasteiger partial charge on any atom is -0.504 e. The molecular weight excluding hydrogens is 378 g/mol. The molecule has 2 aromatic carbocycles. The number of phenolic OH excluding ortho intramolecular Hbond substituents is 2. The van der Waals surface area contributed by atoms with Gasteiger partial charge in [-0.05, 0) is 74.0 Å². The van der Waals surface area contributed by atoms with E-state index < -0.39 is 0 Å². The summed E-state index contributed by atoms with van der Waals surface area (Å²) in [4.78, 5) is 0. The molecule has 0 bridgehead atoms. The van der Waals surface area contributed by atoms with E-state index in [1.165, 1.54) is 11.1 Å². The highest BCUT2D eigenvalue weighted by Crippen LogP contribution is 2.66. The first-order valence-electron chi connectivity index (χ1n) is 8.66. The fourth-order valence-corrected chi connectivity index (χ4v) is 6.33. The van der Waals surface area contributed by atoms with Crippen LogP contribution in [-0.4, -0.2) is 10.2 Å². The zero-order valence-corrected chi connectivity index (χ0v) is 16.7. The van der Waals surface area contributed by atoms with E-state index in [9.17, 15) is 10.2 Å². The number of fused-ring (bicyclic) bond motifs is 4. The van der Waals surface area contributed by atoms with Crippen molar-refractivity contribution in [3.63, 3.8) is 0 Å². The number of phenols is 2. The van der Waals surface area contributed by atoms with Gasteiger partial charge in [0, 0.05) is 11.1 Å². The Labute approximate surface area is 157 Å². The fraction of sp³-hybridized carbons (Fsp3) is 0.429. The van der Waals surface area contributed by atoms with Crippen molar-refractivity contribution in [3.05, 3.63) is 51.0 Å². The number of benzene rings is 2. The van der Waals surface area contributed by atoms with E-state index in [-0.39, 0.29) is 27.7 Å². The molecule has 4 rings (SSSR count). The number of anilines is 1. The van der Waals surface area contributed by atoms with E-state index in [0.29, 0.717) is 4.47 Å². The summed E-state index contributed by atoms with van der Waals surface area (Å²) in [7, 11) is 0. The Morgan fingerprint density at radius 1 is 0.960 bits per heavy atom. The summed E-state index contributed by atoms with van der Waals surface area (Å²) in [6, 6.07) is 7.91. The van der Waals surface area contributed by atoms with E-state index >= 15 is 0 Å². The Balaban J connectivity index is 2.14. The summed E-state index contributed by atoms with van der Waals surface area (Å²) < 4.78 is 0.597. The van der Waals surface area contributed by atoms with Gasteiger partial charge < -0.3 is 15.9 Å². The maximum Gasteiger partial charge on any atom is 0.172 e. The molecule has 1 atom stereocenters. The van der Waals surface area contributed by atoms with E-state index in [4.69, 9.17) is 5.73 Å². The number of halogens is 1. The van der Waals surface area contributed by atoms with Crippen molar-refractivity contribution in [3.8, 4) is 11.5 Å². The van der Waals surface area contributed by atoms with Crippen molar-refractivity contribution in [2.24, 2.45) is 0 Å². The van der Waals surface area contributed by atoms with Gasteiger partial charge in [0.15, 0.2) is 11.5 Å². The molecule has 2 aliphatic rings. The fourth-order valence-electron chi connectivity index (χ4n) is 5.54. The zero-order valence-electron chi connectivity index (χ0n) is 15.1. The Hall–Kier alpha value is -1.68.